The predicted octanol–water partition coefficient (Wildman–Crippen LogP) is 4.14. The van der Waals surface area contributed by atoms with Gasteiger partial charge in [-0.3, -0.25) is 4.79 Å². The number of amides is 1. The van der Waals surface area contributed by atoms with E-state index in [9.17, 15) is 4.79 Å². The number of nitrogens with zero attached hydrogens (tertiary/aromatic N) is 3. The van der Waals surface area contributed by atoms with Gasteiger partial charge in [0.1, 0.15) is 10.5 Å². The van der Waals surface area contributed by atoms with Gasteiger partial charge in [-0.05, 0) is 66.3 Å². The Labute approximate surface area is 173 Å². The van der Waals surface area contributed by atoms with E-state index in [2.05, 4.69) is 15.9 Å². The summed E-state index contributed by atoms with van der Waals surface area (Å²) in [5.74, 6) is -0.362. The molecule has 4 rings (SSSR count). The van der Waals surface area contributed by atoms with Gasteiger partial charge in [-0.25, -0.2) is 4.39 Å². The predicted molar refractivity (Wildman–Crippen MR) is 118 cm³/mol. The van der Waals surface area contributed by atoms with Gasteiger partial charge in [-0.2, -0.15) is 4.37 Å². The quantitative estimate of drug-likeness (QED) is 0.521. The van der Waals surface area contributed by atoms with Gasteiger partial charge in [0, 0.05) is 42.8 Å². The molecule has 0 saturated carbocycles. The number of aryl methyl sites for hydroxylation is 2. The third-order valence-electron chi connectivity index (χ3n) is 5.48. The lowest BCUT2D eigenvalue weighted by molar-refractivity contribution is -0.126. The number of nitrogens with two attached hydrogens (primary N) is 1. The molecule has 1 fully saturated rings. The van der Waals surface area contributed by atoms with Crippen molar-refractivity contribution in [2.75, 3.05) is 36.8 Å². The Hall–Kier alpha value is -2.93. The number of piperazine rings is 1. The van der Waals surface area contributed by atoms with Crippen LogP contribution in [0.1, 0.15) is 11.1 Å². The van der Waals surface area contributed by atoms with E-state index >= 15 is 4.39 Å². The smallest absolute Gasteiger partial charge is 0.246 e. The molecule has 2 heterocycles. The summed E-state index contributed by atoms with van der Waals surface area (Å²) < 4.78 is 20.0. The fourth-order valence-electron chi connectivity index (χ4n) is 3.88. The van der Waals surface area contributed by atoms with Gasteiger partial charge in [0.25, 0.3) is 0 Å². The van der Waals surface area contributed by atoms with Crippen molar-refractivity contribution in [3.05, 3.63) is 53.9 Å². The number of benzene rings is 2. The Bertz CT molecular complexity index is 1120. The molecule has 0 spiro atoms. The van der Waals surface area contributed by atoms with Gasteiger partial charge >= 0.3 is 0 Å². The van der Waals surface area contributed by atoms with Crippen LogP contribution < -0.4 is 10.6 Å². The van der Waals surface area contributed by atoms with Crippen LogP contribution in [0.5, 0.6) is 0 Å². The van der Waals surface area contributed by atoms with E-state index in [1.807, 2.05) is 38.1 Å². The van der Waals surface area contributed by atoms with Crippen molar-refractivity contribution >= 4 is 39.0 Å². The normalized spacial score (nSPS) is 14.4. The molecule has 5 nitrogen and oxygen atoms in total. The molecule has 0 bridgehead atoms. The zero-order valence-electron chi connectivity index (χ0n) is 16.5. The van der Waals surface area contributed by atoms with Crippen molar-refractivity contribution in [3.63, 3.8) is 0 Å². The fraction of sp³-hybridized carbons (Fsp3) is 0.273. The lowest BCUT2D eigenvalue weighted by Crippen LogP contribution is -2.48. The molecule has 7 heteroatoms. The number of anilines is 2. The average Bonchev–Trinajstić information content (AvgIpc) is 3.14. The first-order chi connectivity index (χ1) is 13.9. The second-order valence-corrected chi connectivity index (χ2v) is 8.11. The molecule has 0 unspecified atom stereocenters. The Morgan fingerprint density at radius 1 is 1.21 bits per heavy atom. The summed E-state index contributed by atoms with van der Waals surface area (Å²) >= 11 is 1.31. The van der Waals surface area contributed by atoms with Gasteiger partial charge in [0.05, 0.1) is 0 Å². The second-order valence-electron chi connectivity index (χ2n) is 7.36. The van der Waals surface area contributed by atoms with E-state index in [0.717, 1.165) is 27.1 Å². The van der Waals surface area contributed by atoms with Crippen LogP contribution in [0.2, 0.25) is 0 Å². The SMILES string of the molecule is C=CC(=O)N1CCN(c2snc3c(F)c(-c4cc(N)ccc4C)c(C)cc23)CC1. The first-order valence-corrected chi connectivity index (χ1v) is 10.3. The summed E-state index contributed by atoms with van der Waals surface area (Å²) in [5.41, 5.74) is 10.1. The number of fused-ring (bicyclic) bond motifs is 1. The summed E-state index contributed by atoms with van der Waals surface area (Å²) in [7, 11) is 0. The number of hydrogen-bond donors (Lipinski definition) is 1. The van der Waals surface area contributed by atoms with Crippen molar-refractivity contribution in [1.82, 2.24) is 9.27 Å². The first-order valence-electron chi connectivity index (χ1n) is 9.52. The van der Waals surface area contributed by atoms with Gasteiger partial charge in [0.2, 0.25) is 5.91 Å². The molecule has 1 aromatic heterocycles. The molecule has 0 aliphatic carbocycles. The van der Waals surface area contributed by atoms with Crippen LogP contribution in [0.25, 0.3) is 22.0 Å². The van der Waals surface area contributed by atoms with E-state index < -0.39 is 0 Å². The number of rotatable bonds is 3. The highest BCUT2D eigenvalue weighted by atomic mass is 32.1. The molecule has 3 aromatic rings. The minimum atomic E-state index is -0.309. The molecule has 2 N–H and O–H groups in total. The molecule has 1 amide bonds. The Kier molecular flexibility index (Phi) is 5.00. The summed E-state index contributed by atoms with van der Waals surface area (Å²) in [6.45, 7) is 10.0. The molecule has 2 aromatic carbocycles. The Balaban J connectivity index is 1.73. The molecule has 0 atom stereocenters. The Morgan fingerprint density at radius 2 is 1.93 bits per heavy atom. The summed E-state index contributed by atoms with van der Waals surface area (Å²) in [6, 6.07) is 7.55. The lowest BCUT2D eigenvalue weighted by atomic mass is 9.94. The largest absolute Gasteiger partial charge is 0.399 e. The van der Waals surface area contributed by atoms with Crippen molar-refractivity contribution in [3.8, 4) is 11.1 Å². The Morgan fingerprint density at radius 3 is 2.62 bits per heavy atom. The zero-order chi connectivity index (χ0) is 20.7. The lowest BCUT2D eigenvalue weighted by Gasteiger charge is -2.34. The second kappa shape index (κ2) is 7.48. The highest BCUT2D eigenvalue weighted by Gasteiger charge is 2.25. The van der Waals surface area contributed by atoms with E-state index in [-0.39, 0.29) is 11.7 Å². The average molecular weight is 411 g/mol. The molecular weight excluding hydrogens is 387 g/mol. The number of nitrogen functional groups attached to an aromatic ring is 1. The van der Waals surface area contributed by atoms with Crippen LogP contribution in [0.3, 0.4) is 0 Å². The van der Waals surface area contributed by atoms with Crippen molar-refractivity contribution in [2.24, 2.45) is 0 Å². The number of aromatic nitrogens is 1. The van der Waals surface area contributed by atoms with Crippen molar-refractivity contribution < 1.29 is 9.18 Å². The number of halogens is 1. The molecule has 150 valence electrons. The number of carbonyl (C=O) groups is 1. The minimum absolute atomic E-state index is 0.0529. The van der Waals surface area contributed by atoms with Crippen LogP contribution >= 0.6 is 11.5 Å². The highest BCUT2D eigenvalue weighted by molar-refractivity contribution is 7.11. The van der Waals surface area contributed by atoms with E-state index in [1.54, 1.807) is 4.90 Å². The highest BCUT2D eigenvalue weighted by Crippen LogP contribution is 2.40. The maximum absolute atomic E-state index is 15.5. The third kappa shape index (κ3) is 3.35. The number of carbonyl (C=O) groups excluding carboxylic acids is 1. The van der Waals surface area contributed by atoms with Gasteiger partial charge in [-0.1, -0.05) is 12.6 Å². The summed E-state index contributed by atoms with van der Waals surface area (Å²) in [5, 5.41) is 1.77. The monoisotopic (exact) mass is 410 g/mol. The first kappa shape index (κ1) is 19.4. The van der Waals surface area contributed by atoms with Gasteiger partial charge in [-0.15, -0.1) is 0 Å². The summed E-state index contributed by atoms with van der Waals surface area (Å²) in [6.07, 6.45) is 1.34. The van der Waals surface area contributed by atoms with Crippen molar-refractivity contribution in [2.45, 2.75) is 13.8 Å². The topological polar surface area (TPSA) is 62.5 Å². The molecule has 1 aliphatic rings. The molecule has 29 heavy (non-hydrogen) atoms. The van der Waals surface area contributed by atoms with Crippen LogP contribution in [-0.2, 0) is 4.79 Å². The third-order valence-corrected chi connectivity index (χ3v) is 6.40. The maximum Gasteiger partial charge on any atom is 0.246 e. The van der Waals surface area contributed by atoms with Gasteiger partial charge < -0.3 is 15.5 Å². The molecule has 1 aliphatic heterocycles. The fourth-order valence-corrected chi connectivity index (χ4v) is 4.79. The van der Waals surface area contributed by atoms with Crippen LogP contribution in [0.15, 0.2) is 36.9 Å². The summed E-state index contributed by atoms with van der Waals surface area (Å²) in [4.78, 5) is 15.8. The maximum atomic E-state index is 15.5. The van der Waals surface area contributed by atoms with Crippen molar-refractivity contribution in [1.29, 1.82) is 0 Å². The zero-order valence-corrected chi connectivity index (χ0v) is 17.4. The molecular formula is C22H23FN4OS. The van der Waals surface area contributed by atoms with Gasteiger partial charge in [0.15, 0.2) is 5.82 Å². The van der Waals surface area contributed by atoms with E-state index in [0.29, 0.717) is 42.9 Å². The van der Waals surface area contributed by atoms with E-state index in [1.165, 1.54) is 17.6 Å². The molecule has 1 saturated heterocycles. The number of hydrogen-bond acceptors (Lipinski definition) is 5. The molecule has 0 radical (unpaired) electrons. The standard InChI is InChI=1S/C22H23FN4OS/c1-4-18(28)26-7-9-27(10-8-26)22-17-11-14(3)19(20(23)21(17)25-29-22)16-12-15(24)6-5-13(16)2/h4-6,11-12H,1,7-10,24H2,2-3H3. The van der Waals surface area contributed by atoms with Crippen LogP contribution in [-0.4, -0.2) is 41.4 Å². The van der Waals surface area contributed by atoms with Crippen LogP contribution in [0, 0.1) is 19.7 Å². The van der Waals surface area contributed by atoms with Crippen LogP contribution in [0.4, 0.5) is 15.1 Å². The van der Waals surface area contributed by atoms with E-state index in [4.69, 9.17) is 5.73 Å². The minimum Gasteiger partial charge on any atom is -0.399 e.